The molecule has 0 aliphatic heterocycles. The van der Waals surface area contributed by atoms with Gasteiger partial charge in [-0.05, 0) is 24.3 Å². The molecule has 124 valence electrons. The van der Waals surface area contributed by atoms with E-state index in [0.717, 1.165) is 0 Å². The van der Waals surface area contributed by atoms with Crippen LogP contribution in [0.5, 0.6) is 11.5 Å². The Morgan fingerprint density at radius 3 is 1.54 bits per heavy atom. The first-order valence-corrected chi connectivity index (χ1v) is 7.44. The van der Waals surface area contributed by atoms with E-state index < -0.39 is 12.1 Å². The van der Waals surface area contributed by atoms with Crippen LogP contribution in [0.1, 0.15) is 0 Å². The highest BCUT2D eigenvalue weighted by molar-refractivity contribution is 5.96. The molecule has 0 saturated heterocycles. The molecule has 2 aromatic rings. The Morgan fingerprint density at radius 1 is 0.833 bits per heavy atom. The summed E-state index contributed by atoms with van der Waals surface area (Å²) in [4.78, 5) is 12.7. The highest BCUT2D eigenvalue weighted by Gasteiger charge is 2.24. The summed E-state index contributed by atoms with van der Waals surface area (Å²) in [5.41, 5.74) is 0.863. The standard InChI is InChI=1S/C19H20N2O3/c1-3-13(20-15-9-5-7-11-17(15)22)19(24)14(4-2)21-16-10-6-8-12-18(16)23/h3-14,20-23H,1-2H2. The van der Waals surface area contributed by atoms with Gasteiger partial charge in [-0.1, -0.05) is 36.4 Å². The van der Waals surface area contributed by atoms with Gasteiger partial charge in [0.2, 0.25) is 0 Å². The molecule has 0 aromatic heterocycles. The number of phenols is 2. The van der Waals surface area contributed by atoms with E-state index in [4.69, 9.17) is 0 Å². The predicted molar refractivity (Wildman–Crippen MR) is 96.4 cm³/mol. The third kappa shape index (κ3) is 3.95. The lowest BCUT2D eigenvalue weighted by atomic mass is 10.0. The number of aromatic hydroxyl groups is 2. The van der Waals surface area contributed by atoms with Crippen LogP contribution in [0, 0.1) is 0 Å². The number of carbonyl (C=O) groups excluding carboxylic acids is 1. The van der Waals surface area contributed by atoms with Crippen LogP contribution in [0.2, 0.25) is 0 Å². The maximum absolute atomic E-state index is 12.7. The molecule has 2 rings (SSSR count). The van der Waals surface area contributed by atoms with E-state index in [-0.39, 0.29) is 17.3 Å². The number of para-hydroxylation sites is 4. The number of hydrogen-bond donors (Lipinski definition) is 4. The van der Waals surface area contributed by atoms with Crippen molar-refractivity contribution in [2.24, 2.45) is 0 Å². The lowest BCUT2D eigenvalue weighted by Crippen LogP contribution is -2.39. The molecule has 4 N–H and O–H groups in total. The molecule has 5 nitrogen and oxygen atoms in total. The van der Waals surface area contributed by atoms with Crippen molar-refractivity contribution in [2.45, 2.75) is 12.1 Å². The fourth-order valence-electron chi connectivity index (χ4n) is 2.21. The first-order valence-electron chi connectivity index (χ1n) is 7.44. The van der Waals surface area contributed by atoms with Gasteiger partial charge in [0, 0.05) is 0 Å². The molecule has 0 fully saturated rings. The number of carbonyl (C=O) groups is 1. The lowest BCUT2D eigenvalue weighted by molar-refractivity contribution is -0.118. The van der Waals surface area contributed by atoms with Gasteiger partial charge in [0.05, 0.1) is 11.4 Å². The summed E-state index contributed by atoms with van der Waals surface area (Å²) in [6.45, 7) is 7.35. The smallest absolute Gasteiger partial charge is 0.184 e. The molecule has 0 amide bonds. The minimum Gasteiger partial charge on any atom is -0.506 e. The number of nitrogens with one attached hydrogen (secondary N) is 2. The highest BCUT2D eigenvalue weighted by atomic mass is 16.3. The van der Waals surface area contributed by atoms with E-state index >= 15 is 0 Å². The monoisotopic (exact) mass is 324 g/mol. The largest absolute Gasteiger partial charge is 0.506 e. The molecule has 24 heavy (non-hydrogen) atoms. The Labute approximate surface area is 141 Å². The third-order valence-electron chi connectivity index (χ3n) is 3.51. The fourth-order valence-corrected chi connectivity index (χ4v) is 2.21. The molecule has 5 heteroatoms. The zero-order valence-corrected chi connectivity index (χ0v) is 13.1. The molecular weight excluding hydrogens is 304 g/mol. The van der Waals surface area contributed by atoms with Crippen LogP contribution < -0.4 is 10.6 Å². The number of benzene rings is 2. The maximum Gasteiger partial charge on any atom is 0.184 e. The van der Waals surface area contributed by atoms with Crippen molar-refractivity contribution in [1.82, 2.24) is 0 Å². The SMILES string of the molecule is C=CC(Nc1ccccc1O)C(=O)C(C=C)Nc1ccccc1O. The molecule has 0 bridgehead atoms. The molecule has 2 atom stereocenters. The predicted octanol–water partition coefficient (Wildman–Crippen LogP) is 3.30. The molecule has 0 heterocycles. The van der Waals surface area contributed by atoms with Crippen molar-refractivity contribution in [3.63, 3.8) is 0 Å². The Hall–Kier alpha value is -3.21. The van der Waals surface area contributed by atoms with Gasteiger partial charge in [-0.2, -0.15) is 0 Å². The summed E-state index contributed by atoms with van der Waals surface area (Å²) in [6, 6.07) is 11.8. The Balaban J connectivity index is 2.16. The first kappa shape index (κ1) is 17.1. The Morgan fingerprint density at radius 2 is 1.21 bits per heavy atom. The van der Waals surface area contributed by atoms with Crippen molar-refractivity contribution in [1.29, 1.82) is 0 Å². The van der Waals surface area contributed by atoms with Gasteiger partial charge in [0.1, 0.15) is 23.6 Å². The maximum atomic E-state index is 12.7. The summed E-state index contributed by atoms with van der Waals surface area (Å²) < 4.78 is 0. The highest BCUT2D eigenvalue weighted by Crippen LogP contribution is 2.25. The van der Waals surface area contributed by atoms with Crippen molar-refractivity contribution in [2.75, 3.05) is 10.6 Å². The second-order valence-electron chi connectivity index (χ2n) is 5.15. The van der Waals surface area contributed by atoms with Crippen LogP contribution in [0.15, 0.2) is 73.8 Å². The zero-order valence-electron chi connectivity index (χ0n) is 13.1. The van der Waals surface area contributed by atoms with Crippen LogP contribution in [-0.4, -0.2) is 28.1 Å². The van der Waals surface area contributed by atoms with Crippen molar-refractivity contribution < 1.29 is 15.0 Å². The Kier molecular flexibility index (Phi) is 5.63. The normalized spacial score (nSPS) is 12.7. The molecule has 0 radical (unpaired) electrons. The number of hydrogen-bond acceptors (Lipinski definition) is 5. The minimum atomic E-state index is -0.736. The van der Waals surface area contributed by atoms with Crippen LogP contribution in [0.25, 0.3) is 0 Å². The molecular formula is C19H20N2O3. The van der Waals surface area contributed by atoms with Crippen molar-refractivity contribution in [3.05, 3.63) is 73.8 Å². The number of rotatable bonds is 8. The van der Waals surface area contributed by atoms with Crippen LogP contribution in [-0.2, 0) is 4.79 Å². The van der Waals surface area contributed by atoms with Crippen LogP contribution in [0.3, 0.4) is 0 Å². The van der Waals surface area contributed by atoms with E-state index in [0.29, 0.717) is 11.4 Å². The number of Topliss-reactive ketones (excluding diaryl/α,β-unsaturated/α-hetero) is 1. The van der Waals surface area contributed by atoms with Gasteiger partial charge in [-0.15, -0.1) is 13.2 Å². The summed E-state index contributed by atoms with van der Waals surface area (Å²) in [5, 5.41) is 25.5. The van der Waals surface area contributed by atoms with Gasteiger partial charge >= 0.3 is 0 Å². The lowest BCUT2D eigenvalue weighted by Gasteiger charge is -2.22. The number of anilines is 2. The van der Waals surface area contributed by atoms with E-state index in [1.165, 1.54) is 24.3 Å². The average Bonchev–Trinajstić information content (AvgIpc) is 2.60. The second kappa shape index (κ2) is 7.87. The quantitative estimate of drug-likeness (QED) is 0.442. The van der Waals surface area contributed by atoms with E-state index in [2.05, 4.69) is 23.8 Å². The third-order valence-corrected chi connectivity index (χ3v) is 3.51. The molecule has 0 saturated carbocycles. The Bertz CT molecular complexity index is 681. The summed E-state index contributed by atoms with van der Waals surface area (Å²) >= 11 is 0. The summed E-state index contributed by atoms with van der Waals surface area (Å²) in [7, 11) is 0. The van der Waals surface area contributed by atoms with Gasteiger partial charge < -0.3 is 20.8 Å². The molecule has 0 aliphatic carbocycles. The van der Waals surface area contributed by atoms with E-state index in [1.807, 2.05) is 0 Å². The van der Waals surface area contributed by atoms with E-state index in [1.54, 1.807) is 36.4 Å². The van der Waals surface area contributed by atoms with Crippen molar-refractivity contribution in [3.8, 4) is 11.5 Å². The summed E-state index contributed by atoms with van der Waals surface area (Å²) in [6.07, 6.45) is 2.91. The van der Waals surface area contributed by atoms with Crippen LogP contribution >= 0.6 is 0 Å². The number of phenolic OH excluding ortho intramolecular Hbond substituents is 2. The fraction of sp³-hybridized carbons (Fsp3) is 0.105. The van der Waals surface area contributed by atoms with Gasteiger partial charge in [0.15, 0.2) is 5.78 Å². The van der Waals surface area contributed by atoms with Gasteiger partial charge in [0.25, 0.3) is 0 Å². The topological polar surface area (TPSA) is 81.6 Å². The second-order valence-corrected chi connectivity index (χ2v) is 5.15. The van der Waals surface area contributed by atoms with E-state index in [9.17, 15) is 15.0 Å². The van der Waals surface area contributed by atoms with Crippen LogP contribution in [0.4, 0.5) is 11.4 Å². The average molecular weight is 324 g/mol. The van der Waals surface area contributed by atoms with Gasteiger partial charge in [-0.25, -0.2) is 0 Å². The molecule has 2 aromatic carbocycles. The molecule has 0 spiro atoms. The minimum absolute atomic E-state index is 0.0426. The zero-order chi connectivity index (χ0) is 17.5. The number of ketones is 1. The molecule has 2 unspecified atom stereocenters. The summed E-state index contributed by atoms with van der Waals surface area (Å²) in [5.74, 6) is -0.159. The first-order chi connectivity index (χ1) is 11.6. The molecule has 0 aliphatic rings. The van der Waals surface area contributed by atoms with Gasteiger partial charge in [-0.3, -0.25) is 4.79 Å². The van der Waals surface area contributed by atoms with Crippen molar-refractivity contribution >= 4 is 17.2 Å².